The highest BCUT2D eigenvalue weighted by atomic mass is 35.5. The second-order valence-corrected chi connectivity index (χ2v) is 4.65. The van der Waals surface area contributed by atoms with Crippen molar-refractivity contribution in [2.75, 3.05) is 17.6 Å². The summed E-state index contributed by atoms with van der Waals surface area (Å²) < 4.78 is 0. The summed E-state index contributed by atoms with van der Waals surface area (Å²) in [5, 5.41) is 3.54. The third kappa shape index (κ3) is 2.76. The molecule has 16 heavy (non-hydrogen) atoms. The van der Waals surface area contributed by atoms with Crippen molar-refractivity contribution < 1.29 is 0 Å². The molecule has 0 atom stereocenters. The number of aromatic nitrogens is 2. The van der Waals surface area contributed by atoms with Crippen molar-refractivity contribution in [3.8, 4) is 0 Å². The summed E-state index contributed by atoms with van der Waals surface area (Å²) in [5.41, 5.74) is 6.20. The Morgan fingerprint density at radius 3 is 2.88 bits per heavy atom. The quantitative estimate of drug-likeness (QED) is 0.795. The van der Waals surface area contributed by atoms with E-state index < -0.39 is 0 Å². The molecule has 1 aliphatic rings. The van der Waals surface area contributed by atoms with Crippen LogP contribution in [0.15, 0.2) is 6.33 Å². The van der Waals surface area contributed by atoms with E-state index in [1.54, 1.807) is 0 Å². The van der Waals surface area contributed by atoms with Gasteiger partial charge in [-0.15, -0.1) is 0 Å². The Morgan fingerprint density at radius 1 is 1.38 bits per heavy atom. The number of hydrogen-bond donors (Lipinski definition) is 2. The van der Waals surface area contributed by atoms with Gasteiger partial charge in [0.05, 0.1) is 0 Å². The Bertz CT molecular complexity index is 350. The Labute approximate surface area is 101 Å². The van der Waals surface area contributed by atoms with Crippen LogP contribution in [-0.2, 0) is 0 Å². The maximum atomic E-state index is 5.80. The van der Waals surface area contributed by atoms with Crippen LogP contribution in [0.5, 0.6) is 0 Å². The van der Waals surface area contributed by atoms with Gasteiger partial charge in [-0.25, -0.2) is 9.97 Å². The molecule has 0 spiro atoms. The normalized spacial score (nSPS) is 16.6. The molecular weight excluding hydrogens is 224 g/mol. The van der Waals surface area contributed by atoms with Gasteiger partial charge in [0.15, 0.2) is 11.0 Å². The molecule has 88 valence electrons. The lowest BCUT2D eigenvalue weighted by Crippen LogP contribution is -2.10. The molecule has 0 unspecified atom stereocenters. The average Bonchev–Trinajstić information content (AvgIpc) is 2.77. The van der Waals surface area contributed by atoms with Gasteiger partial charge in [0.25, 0.3) is 0 Å². The molecule has 1 heterocycles. The van der Waals surface area contributed by atoms with E-state index in [1.807, 2.05) is 0 Å². The fourth-order valence-corrected chi connectivity index (χ4v) is 2.34. The molecule has 3 N–H and O–H groups in total. The second-order valence-electron chi connectivity index (χ2n) is 4.29. The molecule has 2 rings (SSSR count). The highest BCUT2D eigenvalue weighted by Gasteiger charge is 2.14. The zero-order chi connectivity index (χ0) is 11.4. The van der Waals surface area contributed by atoms with Crippen molar-refractivity contribution in [1.82, 2.24) is 9.97 Å². The Hall–Kier alpha value is -1.03. The highest BCUT2D eigenvalue weighted by Crippen LogP contribution is 2.28. The summed E-state index contributed by atoms with van der Waals surface area (Å²) in [7, 11) is 0. The van der Waals surface area contributed by atoms with Crippen molar-refractivity contribution in [1.29, 1.82) is 0 Å². The first-order valence-electron chi connectivity index (χ1n) is 5.77. The van der Waals surface area contributed by atoms with Crippen LogP contribution in [-0.4, -0.2) is 16.5 Å². The zero-order valence-corrected chi connectivity index (χ0v) is 10.0. The number of nitrogens with zero attached hydrogens (tertiary/aromatic N) is 2. The summed E-state index contributed by atoms with van der Waals surface area (Å²) in [6.07, 6.45) is 8.10. The van der Waals surface area contributed by atoms with Gasteiger partial charge in [0.2, 0.25) is 0 Å². The van der Waals surface area contributed by atoms with E-state index in [-0.39, 0.29) is 0 Å². The van der Waals surface area contributed by atoms with Gasteiger partial charge in [-0.3, -0.25) is 0 Å². The number of nitrogen functional groups attached to an aromatic ring is 1. The van der Waals surface area contributed by atoms with E-state index in [0.717, 1.165) is 12.5 Å². The highest BCUT2D eigenvalue weighted by molar-refractivity contribution is 6.32. The van der Waals surface area contributed by atoms with E-state index in [4.69, 9.17) is 17.3 Å². The topological polar surface area (TPSA) is 63.8 Å². The third-order valence-electron chi connectivity index (χ3n) is 3.16. The Kier molecular flexibility index (Phi) is 3.83. The number of halogens is 1. The molecule has 0 bridgehead atoms. The molecule has 0 radical (unpaired) electrons. The van der Waals surface area contributed by atoms with Crippen LogP contribution >= 0.6 is 11.6 Å². The smallest absolute Gasteiger partial charge is 0.157 e. The minimum atomic E-state index is 0.318. The molecule has 0 aromatic carbocycles. The third-order valence-corrected chi connectivity index (χ3v) is 3.46. The molecule has 1 saturated carbocycles. The van der Waals surface area contributed by atoms with Gasteiger partial charge in [0.1, 0.15) is 12.0 Å². The predicted octanol–water partition coefficient (Wildman–Crippen LogP) is 2.70. The van der Waals surface area contributed by atoms with E-state index in [9.17, 15) is 0 Å². The van der Waals surface area contributed by atoms with E-state index >= 15 is 0 Å². The maximum Gasteiger partial charge on any atom is 0.157 e. The van der Waals surface area contributed by atoms with Gasteiger partial charge in [-0.05, 0) is 12.3 Å². The number of nitrogens with two attached hydrogens (primary N) is 1. The average molecular weight is 241 g/mol. The van der Waals surface area contributed by atoms with Crippen LogP contribution in [0.25, 0.3) is 0 Å². The number of nitrogens with one attached hydrogen (secondary N) is 1. The summed E-state index contributed by atoms with van der Waals surface area (Å²) in [5.74, 6) is 1.52. The Morgan fingerprint density at radius 2 is 2.12 bits per heavy atom. The van der Waals surface area contributed by atoms with Crippen LogP contribution in [0.3, 0.4) is 0 Å². The van der Waals surface area contributed by atoms with Crippen molar-refractivity contribution in [2.45, 2.75) is 32.1 Å². The lowest BCUT2D eigenvalue weighted by Gasteiger charge is -2.11. The standard InChI is InChI=1S/C11H17ClN4/c12-10-9(13)11(16-7-15-10)14-6-5-8-3-1-2-4-8/h7-8H,1-6,13H2,(H,14,15,16). The maximum absolute atomic E-state index is 5.80. The molecule has 1 fully saturated rings. The van der Waals surface area contributed by atoms with E-state index in [2.05, 4.69) is 15.3 Å². The first-order chi connectivity index (χ1) is 7.77. The largest absolute Gasteiger partial charge is 0.393 e. The molecular formula is C11H17ClN4. The molecule has 0 aliphatic heterocycles. The minimum absolute atomic E-state index is 0.318. The molecule has 1 aromatic rings. The summed E-state index contributed by atoms with van der Waals surface area (Å²) >= 11 is 5.80. The fourth-order valence-electron chi connectivity index (χ4n) is 2.21. The van der Waals surface area contributed by atoms with Gasteiger partial charge < -0.3 is 11.1 Å². The Balaban J connectivity index is 1.82. The van der Waals surface area contributed by atoms with Crippen LogP contribution < -0.4 is 11.1 Å². The summed E-state index contributed by atoms with van der Waals surface area (Å²) in [6, 6.07) is 0. The SMILES string of the molecule is Nc1c(Cl)ncnc1NCCC1CCCC1. The van der Waals surface area contributed by atoms with Gasteiger partial charge in [0, 0.05) is 6.54 Å². The van der Waals surface area contributed by atoms with Crippen LogP contribution in [0.2, 0.25) is 5.15 Å². The molecule has 0 amide bonds. The van der Waals surface area contributed by atoms with E-state index in [0.29, 0.717) is 16.7 Å². The minimum Gasteiger partial charge on any atom is -0.393 e. The molecule has 4 nitrogen and oxygen atoms in total. The first-order valence-corrected chi connectivity index (χ1v) is 6.15. The van der Waals surface area contributed by atoms with Crippen molar-refractivity contribution in [3.63, 3.8) is 0 Å². The molecule has 1 aliphatic carbocycles. The molecule has 0 saturated heterocycles. The van der Waals surface area contributed by atoms with Crippen LogP contribution in [0, 0.1) is 5.92 Å². The number of anilines is 2. The van der Waals surface area contributed by atoms with E-state index in [1.165, 1.54) is 38.4 Å². The summed E-state index contributed by atoms with van der Waals surface area (Å²) in [6.45, 7) is 0.905. The summed E-state index contributed by atoms with van der Waals surface area (Å²) in [4.78, 5) is 7.89. The fraction of sp³-hybridized carbons (Fsp3) is 0.636. The number of hydrogen-bond acceptors (Lipinski definition) is 4. The second kappa shape index (κ2) is 5.34. The number of rotatable bonds is 4. The predicted molar refractivity (Wildman–Crippen MR) is 66.5 cm³/mol. The first kappa shape index (κ1) is 11.5. The van der Waals surface area contributed by atoms with Crippen molar-refractivity contribution >= 4 is 23.1 Å². The van der Waals surface area contributed by atoms with Gasteiger partial charge in [-0.2, -0.15) is 0 Å². The zero-order valence-electron chi connectivity index (χ0n) is 9.25. The molecule has 5 heteroatoms. The lowest BCUT2D eigenvalue weighted by atomic mass is 10.0. The lowest BCUT2D eigenvalue weighted by molar-refractivity contribution is 0.518. The molecule has 1 aromatic heterocycles. The van der Waals surface area contributed by atoms with Gasteiger partial charge >= 0.3 is 0 Å². The van der Waals surface area contributed by atoms with Crippen molar-refractivity contribution in [2.24, 2.45) is 5.92 Å². The van der Waals surface area contributed by atoms with Crippen molar-refractivity contribution in [3.05, 3.63) is 11.5 Å². The van der Waals surface area contributed by atoms with Gasteiger partial charge in [-0.1, -0.05) is 37.3 Å². The monoisotopic (exact) mass is 240 g/mol. The van der Waals surface area contributed by atoms with Crippen LogP contribution in [0.1, 0.15) is 32.1 Å². The van der Waals surface area contributed by atoms with Crippen LogP contribution in [0.4, 0.5) is 11.5 Å².